The molecule has 0 aliphatic rings. The number of ether oxygens (including phenoxy) is 3. The Labute approximate surface area is 236 Å². The van der Waals surface area contributed by atoms with Gasteiger partial charge in [-0.2, -0.15) is 5.10 Å². The van der Waals surface area contributed by atoms with Gasteiger partial charge in [-0.1, -0.05) is 12.1 Å². The number of amides is 2. The number of hydrogen-bond acceptors (Lipinski definition) is 8. The molecule has 2 rings (SSSR count). The standard InChI is InChI=1S/C29H44N4O7/c1-27(2,3)38-24(35)23(34)19-33(26(37)40-29(7,8)9)22-13-11-20(12-14-22)21-17-31-32(18-21)16-10-15-30-25(36)39-28(4,5)6/h11-14,17-18,23,34H,10,15-16,19H2,1-9H3,(H,30,36). The summed E-state index contributed by atoms with van der Waals surface area (Å²) in [5.41, 5.74) is 0.0704. The lowest BCUT2D eigenvalue weighted by Crippen LogP contribution is -2.45. The fraction of sp³-hybridized carbons (Fsp3) is 0.586. The highest BCUT2D eigenvalue weighted by atomic mass is 16.6. The maximum absolute atomic E-state index is 13.0. The molecule has 11 heteroatoms. The number of hydrogen-bond donors (Lipinski definition) is 2. The first kappa shape index (κ1) is 32.6. The van der Waals surface area contributed by atoms with Crippen LogP contribution < -0.4 is 10.2 Å². The summed E-state index contributed by atoms with van der Waals surface area (Å²) in [5, 5.41) is 17.6. The predicted octanol–water partition coefficient (Wildman–Crippen LogP) is 4.91. The topological polar surface area (TPSA) is 132 Å². The number of carbonyl (C=O) groups excluding carboxylic acids is 3. The van der Waals surface area contributed by atoms with Gasteiger partial charge in [0, 0.05) is 30.5 Å². The van der Waals surface area contributed by atoms with Crippen molar-refractivity contribution in [1.82, 2.24) is 15.1 Å². The van der Waals surface area contributed by atoms with Crippen LogP contribution in [-0.4, -0.2) is 69.0 Å². The first-order chi connectivity index (χ1) is 18.3. The molecular weight excluding hydrogens is 516 g/mol. The van der Waals surface area contributed by atoms with Gasteiger partial charge in [-0.05, 0) is 86.4 Å². The molecule has 0 saturated carbocycles. The van der Waals surface area contributed by atoms with E-state index in [0.29, 0.717) is 25.2 Å². The molecule has 1 atom stereocenters. The smallest absolute Gasteiger partial charge is 0.414 e. The van der Waals surface area contributed by atoms with Gasteiger partial charge >= 0.3 is 18.2 Å². The summed E-state index contributed by atoms with van der Waals surface area (Å²) in [5.74, 6) is -0.827. The van der Waals surface area contributed by atoms with Crippen LogP contribution in [0.5, 0.6) is 0 Å². The minimum Gasteiger partial charge on any atom is -0.458 e. The summed E-state index contributed by atoms with van der Waals surface area (Å²) in [4.78, 5) is 38.3. The largest absolute Gasteiger partial charge is 0.458 e. The number of nitrogens with one attached hydrogen (secondary N) is 1. The van der Waals surface area contributed by atoms with Crippen molar-refractivity contribution in [3.05, 3.63) is 36.7 Å². The number of rotatable bonds is 9. The van der Waals surface area contributed by atoms with E-state index in [1.165, 1.54) is 4.90 Å². The molecule has 40 heavy (non-hydrogen) atoms. The zero-order valence-electron chi connectivity index (χ0n) is 25.1. The zero-order chi connectivity index (χ0) is 30.3. The Morgan fingerprint density at radius 2 is 1.48 bits per heavy atom. The Hall–Kier alpha value is -3.60. The molecule has 1 heterocycles. The van der Waals surface area contributed by atoms with Gasteiger partial charge in [-0.25, -0.2) is 14.4 Å². The molecule has 11 nitrogen and oxygen atoms in total. The Kier molecular flexibility index (Phi) is 10.7. The van der Waals surface area contributed by atoms with Crippen LogP contribution in [0.1, 0.15) is 68.7 Å². The van der Waals surface area contributed by atoms with Crippen molar-refractivity contribution in [2.75, 3.05) is 18.0 Å². The number of aromatic nitrogens is 2. The fourth-order valence-corrected chi connectivity index (χ4v) is 3.43. The number of aryl methyl sites for hydroxylation is 1. The van der Waals surface area contributed by atoms with Crippen molar-refractivity contribution in [2.24, 2.45) is 0 Å². The molecule has 0 saturated heterocycles. The lowest BCUT2D eigenvalue weighted by molar-refractivity contribution is -0.164. The molecule has 2 amide bonds. The van der Waals surface area contributed by atoms with Crippen LogP contribution >= 0.6 is 0 Å². The second kappa shape index (κ2) is 13.2. The molecule has 1 aromatic heterocycles. The average Bonchev–Trinajstić information content (AvgIpc) is 3.26. The van der Waals surface area contributed by atoms with Crippen LogP contribution in [0.15, 0.2) is 36.7 Å². The number of benzene rings is 1. The van der Waals surface area contributed by atoms with Crippen LogP contribution in [0.25, 0.3) is 11.1 Å². The van der Waals surface area contributed by atoms with Gasteiger partial charge in [0.1, 0.15) is 16.8 Å². The van der Waals surface area contributed by atoms with E-state index in [1.54, 1.807) is 64.6 Å². The molecule has 0 bridgehead atoms. The van der Waals surface area contributed by atoms with Crippen LogP contribution in [0.3, 0.4) is 0 Å². The third-order valence-electron chi connectivity index (χ3n) is 5.03. The van der Waals surface area contributed by atoms with E-state index in [2.05, 4.69) is 10.4 Å². The highest BCUT2D eigenvalue weighted by Crippen LogP contribution is 2.25. The quantitative estimate of drug-likeness (QED) is 0.251. The van der Waals surface area contributed by atoms with Crippen molar-refractivity contribution in [2.45, 2.75) is 98.2 Å². The molecule has 0 aliphatic carbocycles. The predicted molar refractivity (Wildman–Crippen MR) is 152 cm³/mol. The molecule has 0 fully saturated rings. The second-order valence-corrected chi connectivity index (χ2v) is 12.5. The fourth-order valence-electron chi connectivity index (χ4n) is 3.43. The molecule has 222 valence electrons. The summed E-state index contributed by atoms with van der Waals surface area (Å²) in [6, 6.07) is 7.06. The van der Waals surface area contributed by atoms with Gasteiger partial charge in [0.2, 0.25) is 0 Å². The summed E-state index contributed by atoms with van der Waals surface area (Å²) >= 11 is 0. The van der Waals surface area contributed by atoms with Crippen molar-refractivity contribution < 1.29 is 33.7 Å². The van der Waals surface area contributed by atoms with Crippen molar-refractivity contribution in [1.29, 1.82) is 0 Å². The van der Waals surface area contributed by atoms with E-state index < -0.39 is 41.1 Å². The number of nitrogens with zero attached hydrogens (tertiary/aromatic N) is 3. The Bertz CT molecular complexity index is 1140. The first-order valence-corrected chi connectivity index (χ1v) is 13.3. The maximum atomic E-state index is 13.0. The first-order valence-electron chi connectivity index (χ1n) is 13.3. The van der Waals surface area contributed by atoms with E-state index >= 15 is 0 Å². The maximum Gasteiger partial charge on any atom is 0.414 e. The number of alkyl carbamates (subject to hydrolysis) is 1. The third-order valence-corrected chi connectivity index (χ3v) is 5.03. The van der Waals surface area contributed by atoms with Crippen LogP contribution in [0.4, 0.5) is 15.3 Å². The van der Waals surface area contributed by atoms with Crippen LogP contribution in [0, 0.1) is 0 Å². The Morgan fingerprint density at radius 1 is 0.900 bits per heavy atom. The van der Waals surface area contributed by atoms with Gasteiger partial charge in [-0.3, -0.25) is 9.58 Å². The lowest BCUT2D eigenvalue weighted by atomic mass is 10.1. The number of carbonyl (C=O) groups is 3. The number of aliphatic hydroxyl groups excluding tert-OH is 1. The van der Waals surface area contributed by atoms with Gasteiger partial charge in [0.05, 0.1) is 12.7 Å². The normalized spacial score (nSPS) is 12.8. The minimum absolute atomic E-state index is 0.335. The Morgan fingerprint density at radius 3 is 2.02 bits per heavy atom. The summed E-state index contributed by atoms with van der Waals surface area (Å²) in [6.07, 6.45) is 1.58. The van der Waals surface area contributed by atoms with E-state index in [9.17, 15) is 19.5 Å². The Balaban J connectivity index is 2.08. The molecule has 0 radical (unpaired) electrons. The number of aliphatic hydroxyl groups is 1. The van der Waals surface area contributed by atoms with Gasteiger partial charge in [-0.15, -0.1) is 0 Å². The van der Waals surface area contributed by atoms with Crippen LogP contribution in [0.2, 0.25) is 0 Å². The van der Waals surface area contributed by atoms with Gasteiger partial charge < -0.3 is 24.6 Å². The third kappa shape index (κ3) is 11.6. The van der Waals surface area contributed by atoms with Crippen molar-refractivity contribution in [3.63, 3.8) is 0 Å². The number of esters is 1. The molecular formula is C29H44N4O7. The lowest BCUT2D eigenvalue weighted by Gasteiger charge is -2.29. The molecule has 1 aromatic carbocycles. The van der Waals surface area contributed by atoms with Crippen LogP contribution in [-0.2, 0) is 25.5 Å². The summed E-state index contributed by atoms with van der Waals surface area (Å²) < 4.78 is 17.8. The summed E-state index contributed by atoms with van der Waals surface area (Å²) in [6.45, 7) is 16.5. The van der Waals surface area contributed by atoms with Gasteiger partial charge in [0.15, 0.2) is 6.10 Å². The molecule has 2 N–H and O–H groups in total. The molecule has 0 aliphatic heterocycles. The molecule has 0 spiro atoms. The van der Waals surface area contributed by atoms with Gasteiger partial charge in [0.25, 0.3) is 0 Å². The average molecular weight is 561 g/mol. The second-order valence-electron chi connectivity index (χ2n) is 12.5. The summed E-state index contributed by atoms with van der Waals surface area (Å²) in [7, 11) is 0. The van der Waals surface area contributed by atoms with E-state index in [0.717, 1.165) is 11.1 Å². The monoisotopic (exact) mass is 560 g/mol. The van der Waals surface area contributed by atoms with Crippen molar-refractivity contribution >= 4 is 23.8 Å². The molecule has 2 aromatic rings. The zero-order valence-corrected chi connectivity index (χ0v) is 25.1. The van der Waals surface area contributed by atoms with E-state index in [1.807, 2.05) is 39.1 Å². The highest BCUT2D eigenvalue weighted by Gasteiger charge is 2.30. The van der Waals surface area contributed by atoms with Crippen molar-refractivity contribution in [3.8, 4) is 11.1 Å². The SMILES string of the molecule is CC(C)(C)OC(=O)NCCCn1cc(-c2ccc(N(CC(O)C(=O)OC(C)(C)C)C(=O)OC(C)(C)C)cc2)cn1. The van der Waals surface area contributed by atoms with E-state index in [4.69, 9.17) is 14.2 Å². The van der Waals surface area contributed by atoms with E-state index in [-0.39, 0.29) is 6.54 Å². The minimum atomic E-state index is -1.56. The number of anilines is 1. The highest BCUT2D eigenvalue weighted by molar-refractivity contribution is 5.90. The molecule has 1 unspecified atom stereocenters.